The lowest BCUT2D eigenvalue weighted by molar-refractivity contribution is -0.121. The van der Waals surface area contributed by atoms with Crippen molar-refractivity contribution in [3.8, 4) is 0 Å². The van der Waals surface area contributed by atoms with Crippen molar-refractivity contribution in [2.24, 2.45) is 0 Å². The van der Waals surface area contributed by atoms with Crippen LogP contribution in [-0.4, -0.2) is 59.5 Å². The zero-order chi connectivity index (χ0) is 20.8. The summed E-state index contributed by atoms with van der Waals surface area (Å²) >= 11 is 0. The smallest absolute Gasteiger partial charge is 0.325 e. The van der Waals surface area contributed by atoms with Crippen molar-refractivity contribution in [2.45, 2.75) is 32.7 Å². The van der Waals surface area contributed by atoms with Gasteiger partial charge >= 0.3 is 5.69 Å². The molecule has 1 atom stereocenters. The number of aromatic nitrogens is 2. The van der Waals surface area contributed by atoms with Crippen LogP contribution in [0.15, 0.2) is 39.9 Å². The van der Waals surface area contributed by atoms with E-state index >= 15 is 0 Å². The van der Waals surface area contributed by atoms with E-state index in [0.717, 1.165) is 26.2 Å². The van der Waals surface area contributed by atoms with E-state index in [2.05, 4.69) is 56.3 Å². The van der Waals surface area contributed by atoms with Crippen LogP contribution in [0.4, 0.5) is 5.69 Å². The molecule has 1 aromatic heterocycles. The van der Waals surface area contributed by atoms with Crippen LogP contribution in [0, 0.1) is 6.92 Å². The van der Waals surface area contributed by atoms with Gasteiger partial charge in [-0.15, -0.1) is 0 Å². The molecule has 8 nitrogen and oxygen atoms in total. The Kier molecular flexibility index (Phi) is 6.87. The molecule has 1 amide bonds. The van der Waals surface area contributed by atoms with Gasteiger partial charge in [0.05, 0.1) is 0 Å². The van der Waals surface area contributed by atoms with Crippen molar-refractivity contribution in [3.05, 3.63) is 62.4 Å². The van der Waals surface area contributed by atoms with E-state index in [4.69, 9.17) is 0 Å². The number of carbonyl (C=O) groups is 1. The first-order valence-corrected chi connectivity index (χ1v) is 10.1. The Bertz CT molecular complexity index is 929. The Hall–Kier alpha value is -2.87. The normalized spacial score (nSPS) is 15.9. The van der Waals surface area contributed by atoms with E-state index < -0.39 is 11.2 Å². The zero-order valence-corrected chi connectivity index (χ0v) is 17.0. The lowest BCUT2D eigenvalue weighted by Gasteiger charge is -2.39. The van der Waals surface area contributed by atoms with Crippen LogP contribution in [0.5, 0.6) is 0 Å². The largest absolute Gasteiger partial charge is 0.369 e. The fourth-order valence-corrected chi connectivity index (χ4v) is 3.70. The molecule has 8 heteroatoms. The molecular weight excluding hydrogens is 370 g/mol. The third-order valence-electron chi connectivity index (χ3n) is 5.51. The first-order chi connectivity index (χ1) is 13.9. The van der Waals surface area contributed by atoms with Gasteiger partial charge in [-0.3, -0.25) is 19.5 Å². The fraction of sp³-hybridized carbons (Fsp3) is 0.476. The number of aromatic amines is 2. The summed E-state index contributed by atoms with van der Waals surface area (Å²) in [5.74, 6) is -0.0928. The monoisotopic (exact) mass is 399 g/mol. The molecule has 1 aliphatic heterocycles. The molecule has 2 aromatic rings. The maximum atomic E-state index is 12.2. The number of nitrogens with zero attached hydrogens (tertiary/aromatic N) is 2. The molecule has 1 aromatic carbocycles. The lowest BCUT2D eigenvalue weighted by Crippen LogP contribution is -2.52. The van der Waals surface area contributed by atoms with E-state index in [1.165, 1.54) is 5.69 Å². The highest BCUT2D eigenvalue weighted by atomic mass is 16.2. The van der Waals surface area contributed by atoms with Gasteiger partial charge in [-0.25, -0.2) is 4.79 Å². The number of piperazine rings is 1. The Morgan fingerprint density at radius 2 is 1.79 bits per heavy atom. The Morgan fingerprint density at radius 3 is 2.45 bits per heavy atom. The molecule has 1 saturated heterocycles. The molecule has 2 heterocycles. The summed E-state index contributed by atoms with van der Waals surface area (Å²) in [4.78, 5) is 44.8. The van der Waals surface area contributed by atoms with E-state index in [1.54, 1.807) is 6.92 Å². The van der Waals surface area contributed by atoms with Gasteiger partial charge in [-0.05, 0) is 32.4 Å². The van der Waals surface area contributed by atoms with Gasteiger partial charge in [0.2, 0.25) is 5.91 Å². The highest BCUT2D eigenvalue weighted by Gasteiger charge is 2.21. The Balaban J connectivity index is 1.42. The van der Waals surface area contributed by atoms with E-state index in [-0.39, 0.29) is 18.4 Å². The van der Waals surface area contributed by atoms with E-state index in [1.807, 2.05) is 6.07 Å². The summed E-state index contributed by atoms with van der Waals surface area (Å²) < 4.78 is 0. The average Bonchev–Trinajstić information content (AvgIpc) is 2.72. The van der Waals surface area contributed by atoms with Gasteiger partial charge in [-0.1, -0.05) is 18.2 Å². The van der Waals surface area contributed by atoms with Crippen molar-refractivity contribution < 1.29 is 4.79 Å². The maximum Gasteiger partial charge on any atom is 0.325 e. The van der Waals surface area contributed by atoms with Crippen LogP contribution in [0.3, 0.4) is 0 Å². The van der Waals surface area contributed by atoms with Crippen molar-refractivity contribution >= 4 is 11.6 Å². The first kappa shape index (κ1) is 20.9. The molecule has 1 fully saturated rings. The van der Waals surface area contributed by atoms with Gasteiger partial charge in [0.15, 0.2) is 0 Å². The summed E-state index contributed by atoms with van der Waals surface area (Å²) in [7, 11) is 0. The third-order valence-corrected chi connectivity index (χ3v) is 5.51. The number of hydrogen-bond donors (Lipinski definition) is 3. The molecule has 3 rings (SSSR count). The van der Waals surface area contributed by atoms with Crippen molar-refractivity contribution in [1.82, 2.24) is 20.2 Å². The average molecular weight is 399 g/mol. The second-order valence-electron chi connectivity index (χ2n) is 7.52. The zero-order valence-electron chi connectivity index (χ0n) is 17.0. The number of nitrogens with one attached hydrogen (secondary N) is 3. The number of H-pyrrole nitrogens is 2. The Labute approximate surface area is 169 Å². The molecule has 0 radical (unpaired) electrons. The van der Waals surface area contributed by atoms with Crippen molar-refractivity contribution in [2.75, 3.05) is 37.6 Å². The maximum absolute atomic E-state index is 12.2. The van der Waals surface area contributed by atoms with Gasteiger partial charge in [0, 0.05) is 62.1 Å². The number of anilines is 1. The lowest BCUT2D eigenvalue weighted by atomic mass is 10.1. The first-order valence-electron chi connectivity index (χ1n) is 10.1. The summed E-state index contributed by atoms with van der Waals surface area (Å²) in [6.45, 7) is 8.21. The third kappa shape index (κ3) is 5.57. The molecule has 3 N–H and O–H groups in total. The highest BCUT2D eigenvalue weighted by Crippen LogP contribution is 2.16. The summed E-state index contributed by atoms with van der Waals surface area (Å²) in [6.07, 6.45) is 0.512. The minimum Gasteiger partial charge on any atom is -0.369 e. The molecule has 0 bridgehead atoms. The molecule has 0 aliphatic carbocycles. The minimum atomic E-state index is -0.526. The summed E-state index contributed by atoms with van der Waals surface area (Å²) in [5, 5.41) is 2.96. The molecule has 156 valence electrons. The molecule has 1 aliphatic rings. The number of benzene rings is 1. The molecule has 0 spiro atoms. The predicted octanol–water partition coefficient (Wildman–Crippen LogP) is 0.631. The van der Waals surface area contributed by atoms with Crippen LogP contribution in [0.25, 0.3) is 0 Å². The van der Waals surface area contributed by atoms with E-state index in [9.17, 15) is 14.4 Å². The summed E-state index contributed by atoms with van der Waals surface area (Å²) in [6, 6.07) is 10.7. The predicted molar refractivity (Wildman–Crippen MR) is 113 cm³/mol. The number of aryl methyl sites for hydroxylation is 1. The van der Waals surface area contributed by atoms with Crippen LogP contribution in [0.2, 0.25) is 0 Å². The number of amides is 1. The van der Waals surface area contributed by atoms with Gasteiger partial charge in [0.1, 0.15) is 0 Å². The molecular formula is C21H29N5O3. The number of para-hydroxylation sites is 1. The number of carbonyl (C=O) groups excluding carboxylic acids is 1. The number of rotatable bonds is 7. The second kappa shape index (κ2) is 9.56. The summed E-state index contributed by atoms with van der Waals surface area (Å²) in [5.41, 5.74) is 1.26. The highest BCUT2D eigenvalue weighted by molar-refractivity contribution is 5.76. The topological polar surface area (TPSA) is 101 Å². The molecule has 0 unspecified atom stereocenters. The van der Waals surface area contributed by atoms with Crippen LogP contribution >= 0.6 is 0 Å². The van der Waals surface area contributed by atoms with E-state index in [0.29, 0.717) is 24.2 Å². The minimum absolute atomic E-state index is 0.0928. The van der Waals surface area contributed by atoms with Crippen LogP contribution in [0.1, 0.15) is 24.6 Å². The van der Waals surface area contributed by atoms with Crippen molar-refractivity contribution in [1.29, 1.82) is 0 Å². The van der Waals surface area contributed by atoms with Crippen LogP contribution < -0.4 is 21.5 Å². The molecule has 0 saturated carbocycles. The van der Waals surface area contributed by atoms with Gasteiger partial charge in [-0.2, -0.15) is 0 Å². The van der Waals surface area contributed by atoms with Gasteiger partial charge in [0.25, 0.3) is 5.56 Å². The van der Waals surface area contributed by atoms with Crippen molar-refractivity contribution in [3.63, 3.8) is 0 Å². The van der Waals surface area contributed by atoms with Gasteiger partial charge < -0.3 is 15.2 Å². The Morgan fingerprint density at radius 1 is 1.10 bits per heavy atom. The quantitative estimate of drug-likeness (QED) is 0.634. The molecule has 29 heavy (non-hydrogen) atoms. The number of hydrogen-bond acceptors (Lipinski definition) is 5. The standard InChI is InChI=1S/C21H29N5O3/c1-15(25-10-12-26(13-11-25)17-6-4-3-5-7-17)14-22-19(27)9-8-18-16(2)23-21(29)24-20(18)28/h3-7,15H,8-14H2,1-2H3,(H,22,27)(H2,23,24,28,29)/t15-/m1/s1. The SMILES string of the molecule is Cc1[nH]c(=O)[nH]c(=O)c1CCC(=O)NC[C@@H](C)N1CCN(c2ccccc2)CC1. The second-order valence-corrected chi connectivity index (χ2v) is 7.52. The van der Waals surface area contributed by atoms with Crippen LogP contribution in [-0.2, 0) is 11.2 Å². The fourth-order valence-electron chi connectivity index (χ4n) is 3.70.